The quantitative estimate of drug-likeness (QED) is 0.610. The molecule has 3 unspecified atom stereocenters. The number of fused-ring (bicyclic) bond motifs is 1. The van der Waals surface area contributed by atoms with Crippen molar-refractivity contribution in [2.45, 2.75) is 46.5 Å². The van der Waals surface area contributed by atoms with Gasteiger partial charge in [-0.3, -0.25) is 4.79 Å². The third kappa shape index (κ3) is 1.77. The Bertz CT molecular complexity index is 364. The van der Waals surface area contributed by atoms with Gasteiger partial charge in [0.25, 0.3) is 0 Å². The summed E-state index contributed by atoms with van der Waals surface area (Å²) < 4.78 is 0. The number of Topliss-reactive ketones (excluding diaryl/α,β-unsaturated/α-hetero) is 1. The molecule has 0 amide bonds. The topological polar surface area (TPSA) is 17.1 Å². The number of hydrogen-bond donors (Lipinski definition) is 0. The maximum absolute atomic E-state index is 12.3. The van der Waals surface area contributed by atoms with Crippen LogP contribution in [0.5, 0.6) is 0 Å². The first-order chi connectivity index (χ1) is 7.43. The van der Waals surface area contributed by atoms with Crippen molar-refractivity contribution in [3.8, 4) is 0 Å². The molecule has 0 aromatic rings. The molecule has 1 heteroatoms. The van der Waals surface area contributed by atoms with Gasteiger partial charge in [0.05, 0.1) is 0 Å². The molecule has 0 saturated heterocycles. The smallest absolute Gasteiger partial charge is 0.139 e. The SMILES string of the molecule is C=C(C)C1CC(=O)C2(C)CCC(C)=CC2C1. The number of carbonyl (C=O) groups excluding carboxylic acids is 1. The van der Waals surface area contributed by atoms with Gasteiger partial charge in [-0.2, -0.15) is 0 Å². The van der Waals surface area contributed by atoms with Gasteiger partial charge in [0.2, 0.25) is 0 Å². The Kier molecular flexibility index (Phi) is 2.81. The third-order valence-corrected chi connectivity index (χ3v) is 4.65. The van der Waals surface area contributed by atoms with Crippen molar-refractivity contribution in [3.05, 3.63) is 23.8 Å². The van der Waals surface area contributed by atoms with E-state index >= 15 is 0 Å². The van der Waals surface area contributed by atoms with Gasteiger partial charge in [0.1, 0.15) is 5.78 Å². The van der Waals surface area contributed by atoms with Crippen LogP contribution in [0.25, 0.3) is 0 Å². The second kappa shape index (κ2) is 3.87. The zero-order valence-electron chi connectivity index (χ0n) is 10.7. The summed E-state index contributed by atoms with van der Waals surface area (Å²) in [7, 11) is 0. The third-order valence-electron chi connectivity index (χ3n) is 4.65. The van der Waals surface area contributed by atoms with Crippen molar-refractivity contribution in [2.24, 2.45) is 17.3 Å². The Morgan fingerprint density at radius 2 is 2.25 bits per heavy atom. The summed E-state index contributed by atoms with van der Waals surface area (Å²) in [5, 5.41) is 0. The normalized spacial score (nSPS) is 38.9. The molecule has 2 rings (SSSR count). The van der Waals surface area contributed by atoms with E-state index in [1.807, 2.05) is 0 Å². The van der Waals surface area contributed by atoms with Crippen molar-refractivity contribution < 1.29 is 4.79 Å². The second-order valence-corrected chi connectivity index (χ2v) is 5.94. The van der Waals surface area contributed by atoms with Crippen LogP contribution in [0.4, 0.5) is 0 Å². The van der Waals surface area contributed by atoms with E-state index in [4.69, 9.17) is 0 Å². The summed E-state index contributed by atoms with van der Waals surface area (Å²) in [6.07, 6.45) is 6.32. The Balaban J connectivity index is 2.29. The van der Waals surface area contributed by atoms with E-state index in [9.17, 15) is 4.79 Å². The van der Waals surface area contributed by atoms with Crippen LogP contribution < -0.4 is 0 Å². The highest BCUT2D eigenvalue weighted by atomic mass is 16.1. The van der Waals surface area contributed by atoms with Crippen molar-refractivity contribution in [3.63, 3.8) is 0 Å². The van der Waals surface area contributed by atoms with Gasteiger partial charge in [-0.1, -0.05) is 30.7 Å². The predicted molar refractivity (Wildman–Crippen MR) is 67.1 cm³/mol. The van der Waals surface area contributed by atoms with E-state index in [1.54, 1.807) is 0 Å². The van der Waals surface area contributed by atoms with E-state index in [-0.39, 0.29) is 5.41 Å². The molecule has 0 spiro atoms. The summed E-state index contributed by atoms with van der Waals surface area (Å²) in [6.45, 7) is 10.4. The van der Waals surface area contributed by atoms with E-state index in [1.165, 1.54) is 11.1 Å². The molecule has 1 fully saturated rings. The summed E-state index contributed by atoms with van der Waals surface area (Å²) in [5.74, 6) is 1.32. The second-order valence-electron chi connectivity index (χ2n) is 5.94. The summed E-state index contributed by atoms with van der Waals surface area (Å²) in [4.78, 5) is 12.3. The minimum atomic E-state index is -0.0779. The minimum Gasteiger partial charge on any atom is -0.299 e. The molecule has 0 aliphatic heterocycles. The molecule has 88 valence electrons. The number of ketones is 1. The van der Waals surface area contributed by atoms with Crippen LogP contribution >= 0.6 is 0 Å². The van der Waals surface area contributed by atoms with Crippen LogP contribution in [-0.2, 0) is 4.79 Å². The lowest BCUT2D eigenvalue weighted by Gasteiger charge is -2.45. The molecular weight excluding hydrogens is 196 g/mol. The summed E-state index contributed by atoms with van der Waals surface area (Å²) in [6, 6.07) is 0. The van der Waals surface area contributed by atoms with Gasteiger partial charge in [0.15, 0.2) is 0 Å². The Labute approximate surface area is 98.6 Å². The molecule has 2 aliphatic rings. The summed E-state index contributed by atoms with van der Waals surface area (Å²) >= 11 is 0. The predicted octanol–water partition coefficient (Wildman–Crippen LogP) is 3.90. The van der Waals surface area contributed by atoms with Gasteiger partial charge >= 0.3 is 0 Å². The van der Waals surface area contributed by atoms with Crippen molar-refractivity contribution in [1.82, 2.24) is 0 Å². The van der Waals surface area contributed by atoms with Gasteiger partial charge in [-0.15, -0.1) is 0 Å². The molecular formula is C15H22O. The van der Waals surface area contributed by atoms with E-state index in [0.29, 0.717) is 17.6 Å². The van der Waals surface area contributed by atoms with Gasteiger partial charge in [0, 0.05) is 11.8 Å². The van der Waals surface area contributed by atoms with E-state index in [0.717, 1.165) is 25.7 Å². The molecule has 0 radical (unpaired) electrons. The molecule has 3 atom stereocenters. The van der Waals surface area contributed by atoms with Gasteiger partial charge < -0.3 is 0 Å². The lowest BCUT2D eigenvalue weighted by Crippen LogP contribution is -2.43. The fourth-order valence-corrected chi connectivity index (χ4v) is 3.15. The zero-order chi connectivity index (χ0) is 11.9. The number of rotatable bonds is 1. The van der Waals surface area contributed by atoms with E-state index in [2.05, 4.69) is 33.4 Å². The molecule has 0 heterocycles. The highest BCUT2D eigenvalue weighted by Gasteiger charge is 2.46. The largest absolute Gasteiger partial charge is 0.299 e. The molecule has 0 aromatic carbocycles. The zero-order valence-corrected chi connectivity index (χ0v) is 10.7. The highest BCUT2D eigenvalue weighted by molar-refractivity contribution is 5.86. The first-order valence-electron chi connectivity index (χ1n) is 6.29. The lowest BCUT2D eigenvalue weighted by atomic mass is 9.58. The average molecular weight is 218 g/mol. The van der Waals surface area contributed by atoms with Crippen LogP contribution in [0.15, 0.2) is 23.8 Å². The molecule has 0 bridgehead atoms. The van der Waals surface area contributed by atoms with Gasteiger partial charge in [-0.25, -0.2) is 0 Å². The number of hydrogen-bond acceptors (Lipinski definition) is 1. The first kappa shape index (κ1) is 11.6. The van der Waals surface area contributed by atoms with Gasteiger partial charge in [-0.05, 0) is 44.9 Å². The average Bonchev–Trinajstić information content (AvgIpc) is 2.21. The highest BCUT2D eigenvalue weighted by Crippen LogP contribution is 2.49. The maximum atomic E-state index is 12.3. The monoisotopic (exact) mass is 218 g/mol. The van der Waals surface area contributed by atoms with Crippen LogP contribution in [0, 0.1) is 17.3 Å². The molecule has 1 nitrogen and oxygen atoms in total. The van der Waals surface area contributed by atoms with Crippen molar-refractivity contribution >= 4 is 5.78 Å². The minimum absolute atomic E-state index is 0.0779. The Hall–Kier alpha value is -0.850. The fraction of sp³-hybridized carbons (Fsp3) is 0.667. The van der Waals surface area contributed by atoms with Crippen molar-refractivity contribution in [1.29, 1.82) is 0 Å². The van der Waals surface area contributed by atoms with Crippen LogP contribution in [0.3, 0.4) is 0 Å². The number of carbonyl (C=O) groups is 1. The Morgan fingerprint density at radius 3 is 2.88 bits per heavy atom. The fourth-order valence-electron chi connectivity index (χ4n) is 3.15. The van der Waals surface area contributed by atoms with Crippen LogP contribution in [0.2, 0.25) is 0 Å². The lowest BCUT2D eigenvalue weighted by molar-refractivity contribution is -0.135. The standard InChI is InChI=1S/C15H22O/c1-10(2)12-8-13-7-11(3)5-6-15(13,4)14(16)9-12/h7,12-13H,1,5-6,8-9H2,2-4H3. The maximum Gasteiger partial charge on any atom is 0.139 e. The van der Waals surface area contributed by atoms with Crippen molar-refractivity contribution in [2.75, 3.05) is 0 Å². The molecule has 0 N–H and O–H groups in total. The van der Waals surface area contributed by atoms with E-state index < -0.39 is 0 Å². The first-order valence-corrected chi connectivity index (χ1v) is 6.29. The Morgan fingerprint density at radius 1 is 1.56 bits per heavy atom. The molecule has 1 saturated carbocycles. The van der Waals surface area contributed by atoms with Crippen LogP contribution in [0.1, 0.15) is 46.5 Å². The summed E-state index contributed by atoms with van der Waals surface area (Å²) in [5.41, 5.74) is 2.55. The number of allylic oxidation sites excluding steroid dienone is 3. The molecule has 16 heavy (non-hydrogen) atoms. The van der Waals surface area contributed by atoms with Crippen LogP contribution in [-0.4, -0.2) is 5.78 Å². The molecule has 0 aromatic heterocycles. The molecule has 2 aliphatic carbocycles.